The Labute approximate surface area is 136 Å². The highest BCUT2D eigenvalue weighted by atomic mass is 35.5. The van der Waals surface area contributed by atoms with Crippen LogP contribution in [0.25, 0.3) is 0 Å². The van der Waals surface area contributed by atoms with Crippen molar-refractivity contribution in [2.45, 2.75) is 16.8 Å². The van der Waals surface area contributed by atoms with E-state index in [0.29, 0.717) is 15.6 Å². The summed E-state index contributed by atoms with van der Waals surface area (Å²) in [4.78, 5) is 15.4. The molecule has 0 aliphatic carbocycles. The van der Waals surface area contributed by atoms with Gasteiger partial charge >= 0.3 is 19.0 Å². The smallest absolute Gasteiger partial charge is 0.258 e. The monoisotopic (exact) mass is 357 g/mol. The average molecular weight is 358 g/mol. The molecule has 9 heteroatoms. The van der Waals surface area contributed by atoms with Crippen molar-refractivity contribution in [1.82, 2.24) is 4.98 Å². The van der Waals surface area contributed by atoms with E-state index in [9.17, 15) is 14.7 Å². The second-order valence-electron chi connectivity index (χ2n) is 4.22. The third kappa shape index (κ3) is 3.81. The summed E-state index contributed by atoms with van der Waals surface area (Å²) in [7, 11) is -1.04. The van der Waals surface area contributed by atoms with E-state index in [4.69, 9.17) is 16.1 Å². The highest BCUT2D eigenvalue weighted by Gasteiger charge is 2.33. The summed E-state index contributed by atoms with van der Waals surface area (Å²) in [6.07, 6.45) is 1.52. The molecule has 0 saturated heterocycles. The second kappa shape index (κ2) is 7.15. The first kappa shape index (κ1) is 16.8. The van der Waals surface area contributed by atoms with Crippen LogP contribution >= 0.6 is 31.4 Å². The normalized spacial score (nSPS) is 11.3. The number of aryl methyl sites for hydroxylation is 1. The van der Waals surface area contributed by atoms with Crippen molar-refractivity contribution in [2.75, 3.05) is 7.11 Å². The SMILES string of the molecule is CO[P+](=O)c1cc(Sc2ccc(Cl)cn2)c(C)cc1[N+](=O)[O-]. The lowest BCUT2D eigenvalue weighted by Crippen LogP contribution is -2.07. The molecular formula is C13H11ClN2O4PS+. The summed E-state index contributed by atoms with van der Waals surface area (Å²) >= 11 is 7.09. The molecule has 1 atom stereocenters. The lowest BCUT2D eigenvalue weighted by Gasteiger charge is -2.05. The minimum Gasteiger partial charge on any atom is -0.258 e. The standard InChI is InChI=1S/C13H11ClN2O4PS/c1-8-5-10(16(17)18)11(21(19)20-2)6-12(8)22-13-4-3-9(14)7-15-13/h3-7H,1-2H3/q+1. The van der Waals surface area contributed by atoms with Crippen molar-refractivity contribution in [3.8, 4) is 0 Å². The Bertz CT molecular complexity index is 740. The van der Waals surface area contributed by atoms with Gasteiger partial charge in [-0.15, -0.1) is 4.52 Å². The molecule has 0 N–H and O–H groups in total. The minimum absolute atomic E-state index is 0.0598. The number of nitro benzene ring substituents is 1. The quantitative estimate of drug-likeness (QED) is 0.455. The number of nitrogens with zero attached hydrogens (tertiary/aromatic N) is 2. The van der Waals surface area contributed by atoms with E-state index in [2.05, 4.69) is 4.98 Å². The van der Waals surface area contributed by atoms with Crippen LogP contribution in [0.4, 0.5) is 5.69 Å². The minimum atomic E-state index is -2.28. The Balaban J connectivity index is 2.45. The van der Waals surface area contributed by atoms with Crippen LogP contribution in [-0.2, 0) is 9.09 Å². The lowest BCUT2D eigenvalue weighted by molar-refractivity contribution is -0.383. The van der Waals surface area contributed by atoms with E-state index in [-0.39, 0.29) is 11.0 Å². The molecule has 0 spiro atoms. The Morgan fingerprint density at radius 3 is 2.68 bits per heavy atom. The lowest BCUT2D eigenvalue weighted by atomic mass is 10.2. The van der Waals surface area contributed by atoms with Gasteiger partial charge in [0.25, 0.3) is 0 Å². The van der Waals surface area contributed by atoms with Crippen molar-refractivity contribution in [3.05, 3.63) is 51.2 Å². The molecule has 0 aliphatic rings. The zero-order chi connectivity index (χ0) is 16.3. The first-order chi connectivity index (χ1) is 10.4. The Kier molecular flexibility index (Phi) is 5.47. The summed E-state index contributed by atoms with van der Waals surface area (Å²) in [5.74, 6) is 0. The maximum Gasteiger partial charge on any atom is 0.555 e. The molecule has 0 saturated carbocycles. The zero-order valence-electron chi connectivity index (χ0n) is 11.6. The van der Waals surface area contributed by atoms with Gasteiger partial charge in [0.05, 0.1) is 17.1 Å². The number of benzene rings is 1. The van der Waals surface area contributed by atoms with Gasteiger partial charge in [0.15, 0.2) is 0 Å². The molecule has 0 bridgehead atoms. The van der Waals surface area contributed by atoms with Crippen LogP contribution in [0.2, 0.25) is 5.02 Å². The van der Waals surface area contributed by atoms with Crippen LogP contribution in [0.15, 0.2) is 40.4 Å². The van der Waals surface area contributed by atoms with E-state index in [1.165, 1.54) is 37.2 Å². The molecular weight excluding hydrogens is 347 g/mol. The highest BCUT2D eigenvalue weighted by molar-refractivity contribution is 7.99. The third-order valence-electron chi connectivity index (χ3n) is 2.75. The number of pyridine rings is 1. The largest absolute Gasteiger partial charge is 0.555 e. The maximum absolute atomic E-state index is 11.9. The molecule has 0 amide bonds. The number of halogens is 1. The molecule has 2 aromatic rings. The molecule has 0 radical (unpaired) electrons. The van der Waals surface area contributed by atoms with Crippen molar-refractivity contribution in [2.24, 2.45) is 0 Å². The van der Waals surface area contributed by atoms with E-state index in [1.54, 1.807) is 19.1 Å². The fourth-order valence-electron chi connectivity index (χ4n) is 1.70. The molecule has 1 aromatic heterocycles. The maximum atomic E-state index is 11.9. The Morgan fingerprint density at radius 1 is 1.41 bits per heavy atom. The van der Waals surface area contributed by atoms with Gasteiger partial charge in [0.2, 0.25) is 0 Å². The highest BCUT2D eigenvalue weighted by Crippen LogP contribution is 2.35. The predicted molar refractivity (Wildman–Crippen MR) is 85.5 cm³/mol. The molecule has 114 valence electrons. The number of nitro groups is 1. The van der Waals surface area contributed by atoms with Crippen molar-refractivity contribution >= 4 is 42.4 Å². The van der Waals surface area contributed by atoms with Gasteiger partial charge in [-0.3, -0.25) is 10.1 Å². The van der Waals surface area contributed by atoms with Crippen molar-refractivity contribution in [1.29, 1.82) is 0 Å². The van der Waals surface area contributed by atoms with Crippen LogP contribution in [0.3, 0.4) is 0 Å². The summed E-state index contributed by atoms with van der Waals surface area (Å²) in [6, 6.07) is 6.34. The zero-order valence-corrected chi connectivity index (χ0v) is 14.1. The van der Waals surface area contributed by atoms with Crippen LogP contribution < -0.4 is 5.30 Å². The van der Waals surface area contributed by atoms with Crippen LogP contribution in [0.5, 0.6) is 0 Å². The molecule has 1 aromatic carbocycles. The number of hydrogen-bond acceptors (Lipinski definition) is 6. The molecule has 1 unspecified atom stereocenters. The molecule has 1 heterocycles. The predicted octanol–water partition coefficient (Wildman–Crippen LogP) is 4.12. The first-order valence-electron chi connectivity index (χ1n) is 6.02. The number of rotatable bonds is 5. The topological polar surface area (TPSA) is 82.3 Å². The van der Waals surface area contributed by atoms with Gasteiger partial charge in [0.1, 0.15) is 5.03 Å². The Hall–Kier alpha value is -1.53. The van der Waals surface area contributed by atoms with Gasteiger partial charge in [-0.1, -0.05) is 23.4 Å². The van der Waals surface area contributed by atoms with Crippen LogP contribution in [-0.4, -0.2) is 17.0 Å². The third-order valence-corrected chi connectivity index (χ3v) is 5.16. The average Bonchev–Trinajstić information content (AvgIpc) is 2.50. The van der Waals surface area contributed by atoms with Gasteiger partial charge in [0, 0.05) is 23.2 Å². The Morgan fingerprint density at radius 2 is 2.14 bits per heavy atom. The summed E-state index contributed by atoms with van der Waals surface area (Å²) in [5.41, 5.74) is 0.477. The fourth-order valence-corrected chi connectivity index (χ4v) is 3.53. The first-order valence-corrected chi connectivity index (χ1v) is 8.39. The van der Waals surface area contributed by atoms with E-state index in [0.717, 1.165) is 4.90 Å². The van der Waals surface area contributed by atoms with Crippen LogP contribution in [0.1, 0.15) is 5.56 Å². The molecule has 2 rings (SSSR count). The van der Waals surface area contributed by atoms with Gasteiger partial charge in [-0.05, 0) is 29.2 Å². The summed E-state index contributed by atoms with van der Waals surface area (Å²) in [6.45, 7) is 1.74. The van der Waals surface area contributed by atoms with Gasteiger partial charge < -0.3 is 0 Å². The number of hydrogen-bond donors (Lipinski definition) is 0. The summed E-state index contributed by atoms with van der Waals surface area (Å²) in [5, 5.41) is 12.4. The number of aromatic nitrogens is 1. The van der Waals surface area contributed by atoms with E-state index < -0.39 is 13.0 Å². The summed E-state index contributed by atoms with van der Waals surface area (Å²) < 4.78 is 16.6. The van der Waals surface area contributed by atoms with Crippen molar-refractivity contribution in [3.63, 3.8) is 0 Å². The second-order valence-corrected chi connectivity index (χ2v) is 7.08. The van der Waals surface area contributed by atoms with Gasteiger partial charge in [-0.25, -0.2) is 4.98 Å². The van der Waals surface area contributed by atoms with Gasteiger partial charge in [-0.2, -0.15) is 0 Å². The van der Waals surface area contributed by atoms with Crippen LogP contribution in [0, 0.1) is 17.0 Å². The van der Waals surface area contributed by atoms with Crippen molar-refractivity contribution < 1.29 is 14.0 Å². The fraction of sp³-hybridized carbons (Fsp3) is 0.154. The molecule has 0 fully saturated rings. The van der Waals surface area contributed by atoms with E-state index >= 15 is 0 Å². The molecule has 0 aliphatic heterocycles. The molecule has 22 heavy (non-hydrogen) atoms. The van der Waals surface area contributed by atoms with E-state index in [1.807, 2.05) is 0 Å². The molecule has 6 nitrogen and oxygen atoms in total.